The maximum Gasteiger partial charge on any atom is 0.228 e. The molecule has 0 fully saturated rings. The topological polar surface area (TPSA) is 76.1 Å². The lowest BCUT2D eigenvalue weighted by atomic mass is 10.1. The summed E-state index contributed by atoms with van der Waals surface area (Å²) in [5.41, 5.74) is 2.27. The zero-order valence-corrected chi connectivity index (χ0v) is 12.6. The highest BCUT2D eigenvalue weighted by Crippen LogP contribution is 2.12. The molecule has 2 aromatic rings. The standard InChI is InChI=1S/C15H16N2O3S/c1-11-9-13(7-8-16-11)17-15(18)10-12-3-5-14(6-4-12)21(2,19)20/h3-9H,10H2,1-2H3,(H,16,17,18). The Labute approximate surface area is 124 Å². The molecule has 1 amide bonds. The monoisotopic (exact) mass is 304 g/mol. The number of carbonyl (C=O) groups excluding carboxylic acids is 1. The largest absolute Gasteiger partial charge is 0.326 e. The van der Waals surface area contributed by atoms with Gasteiger partial charge in [0.15, 0.2) is 9.84 Å². The molecule has 5 nitrogen and oxygen atoms in total. The van der Waals surface area contributed by atoms with E-state index in [0.29, 0.717) is 5.69 Å². The Bertz CT molecular complexity index is 753. The van der Waals surface area contributed by atoms with Gasteiger partial charge in [0.25, 0.3) is 0 Å². The van der Waals surface area contributed by atoms with E-state index in [9.17, 15) is 13.2 Å². The molecule has 0 atom stereocenters. The van der Waals surface area contributed by atoms with E-state index in [2.05, 4.69) is 10.3 Å². The van der Waals surface area contributed by atoms with Crippen molar-refractivity contribution in [3.8, 4) is 0 Å². The van der Waals surface area contributed by atoms with Crippen LogP contribution >= 0.6 is 0 Å². The van der Waals surface area contributed by atoms with Crippen LogP contribution in [-0.2, 0) is 21.1 Å². The van der Waals surface area contributed by atoms with Crippen LogP contribution in [0.25, 0.3) is 0 Å². The lowest BCUT2D eigenvalue weighted by Crippen LogP contribution is -2.14. The van der Waals surface area contributed by atoms with E-state index in [4.69, 9.17) is 0 Å². The number of nitrogens with zero attached hydrogens (tertiary/aromatic N) is 1. The minimum absolute atomic E-state index is 0.160. The molecule has 0 spiro atoms. The quantitative estimate of drug-likeness (QED) is 0.937. The fourth-order valence-corrected chi connectivity index (χ4v) is 2.50. The van der Waals surface area contributed by atoms with Crippen LogP contribution in [0.3, 0.4) is 0 Å². The number of hydrogen-bond acceptors (Lipinski definition) is 4. The third-order valence-corrected chi connectivity index (χ3v) is 4.03. The van der Waals surface area contributed by atoms with Gasteiger partial charge in [0, 0.05) is 23.8 Å². The summed E-state index contributed by atoms with van der Waals surface area (Å²) < 4.78 is 22.7. The van der Waals surface area contributed by atoms with E-state index < -0.39 is 9.84 Å². The molecule has 0 aliphatic carbocycles. The fourth-order valence-electron chi connectivity index (χ4n) is 1.87. The van der Waals surface area contributed by atoms with Crippen molar-refractivity contribution in [3.05, 3.63) is 53.9 Å². The normalized spacial score (nSPS) is 11.1. The van der Waals surface area contributed by atoms with Gasteiger partial charge in [0.05, 0.1) is 11.3 Å². The van der Waals surface area contributed by atoms with Crippen LogP contribution in [-0.4, -0.2) is 25.6 Å². The van der Waals surface area contributed by atoms with Crippen LogP contribution < -0.4 is 5.32 Å². The Kier molecular flexibility index (Phi) is 4.37. The summed E-state index contributed by atoms with van der Waals surface area (Å²) >= 11 is 0. The van der Waals surface area contributed by atoms with Crippen molar-refractivity contribution in [2.45, 2.75) is 18.2 Å². The molecule has 1 heterocycles. The second-order valence-corrected chi connectivity index (χ2v) is 6.84. The number of sulfone groups is 1. The SMILES string of the molecule is Cc1cc(NC(=O)Cc2ccc(S(C)(=O)=O)cc2)ccn1. The second kappa shape index (κ2) is 6.05. The van der Waals surface area contributed by atoms with Crippen molar-refractivity contribution < 1.29 is 13.2 Å². The Morgan fingerprint density at radius 3 is 2.43 bits per heavy atom. The molecule has 0 radical (unpaired) electrons. The number of nitrogens with one attached hydrogen (secondary N) is 1. The Balaban J connectivity index is 2.03. The first-order valence-corrected chi connectivity index (χ1v) is 8.25. The molecule has 0 aliphatic heterocycles. The van der Waals surface area contributed by atoms with E-state index in [1.54, 1.807) is 30.5 Å². The van der Waals surface area contributed by atoms with Crippen molar-refractivity contribution in [3.63, 3.8) is 0 Å². The Morgan fingerprint density at radius 1 is 1.19 bits per heavy atom. The lowest BCUT2D eigenvalue weighted by molar-refractivity contribution is -0.115. The number of hydrogen-bond donors (Lipinski definition) is 1. The minimum Gasteiger partial charge on any atom is -0.326 e. The number of aryl methyl sites for hydroxylation is 1. The number of rotatable bonds is 4. The van der Waals surface area contributed by atoms with Gasteiger partial charge in [-0.1, -0.05) is 12.1 Å². The Hall–Kier alpha value is -2.21. The second-order valence-electron chi connectivity index (χ2n) is 4.83. The molecule has 1 aromatic carbocycles. The Morgan fingerprint density at radius 2 is 1.86 bits per heavy atom. The average Bonchev–Trinajstić information content (AvgIpc) is 2.38. The van der Waals surface area contributed by atoms with Crippen LogP contribution in [0.15, 0.2) is 47.5 Å². The number of pyridine rings is 1. The van der Waals surface area contributed by atoms with E-state index in [-0.39, 0.29) is 17.2 Å². The average molecular weight is 304 g/mol. The molecule has 0 unspecified atom stereocenters. The predicted octanol–water partition coefficient (Wildman–Crippen LogP) is 1.97. The molecule has 1 aromatic heterocycles. The maximum atomic E-state index is 11.9. The van der Waals surface area contributed by atoms with E-state index in [0.717, 1.165) is 17.5 Å². The summed E-state index contributed by atoms with van der Waals surface area (Å²) in [6.07, 6.45) is 2.97. The summed E-state index contributed by atoms with van der Waals surface area (Å²) in [6.45, 7) is 1.85. The molecule has 0 bridgehead atoms. The van der Waals surface area contributed by atoms with E-state index >= 15 is 0 Å². The van der Waals surface area contributed by atoms with Gasteiger partial charge >= 0.3 is 0 Å². The molecule has 6 heteroatoms. The molecule has 0 aliphatic rings. The predicted molar refractivity (Wildman–Crippen MR) is 80.9 cm³/mol. The number of aromatic nitrogens is 1. The van der Waals surface area contributed by atoms with Gasteiger partial charge in [-0.15, -0.1) is 0 Å². The highest BCUT2D eigenvalue weighted by atomic mass is 32.2. The van der Waals surface area contributed by atoms with Gasteiger partial charge in [-0.2, -0.15) is 0 Å². The molecular weight excluding hydrogens is 288 g/mol. The summed E-state index contributed by atoms with van der Waals surface area (Å²) in [4.78, 5) is 16.2. The fraction of sp³-hybridized carbons (Fsp3) is 0.200. The maximum absolute atomic E-state index is 11.9. The number of carbonyl (C=O) groups is 1. The summed E-state index contributed by atoms with van der Waals surface area (Å²) in [5, 5.41) is 2.78. The van der Waals surface area contributed by atoms with Crippen molar-refractivity contribution in [2.75, 3.05) is 11.6 Å². The van der Waals surface area contributed by atoms with E-state index in [1.807, 2.05) is 6.92 Å². The van der Waals surface area contributed by atoms with Gasteiger partial charge < -0.3 is 5.32 Å². The number of benzene rings is 1. The zero-order chi connectivity index (χ0) is 15.5. The van der Waals surface area contributed by atoms with Crippen LogP contribution in [0.1, 0.15) is 11.3 Å². The third-order valence-electron chi connectivity index (χ3n) is 2.90. The molecule has 0 saturated carbocycles. The molecular formula is C15H16N2O3S. The molecule has 2 rings (SSSR count). The van der Waals surface area contributed by atoms with Crippen molar-refractivity contribution >= 4 is 21.4 Å². The van der Waals surface area contributed by atoms with Gasteiger partial charge in [0.2, 0.25) is 5.91 Å². The van der Waals surface area contributed by atoms with Crippen LogP contribution in [0.2, 0.25) is 0 Å². The zero-order valence-electron chi connectivity index (χ0n) is 11.8. The highest BCUT2D eigenvalue weighted by Gasteiger charge is 2.08. The molecule has 1 N–H and O–H groups in total. The van der Waals surface area contributed by atoms with Crippen LogP contribution in [0.4, 0.5) is 5.69 Å². The first-order valence-electron chi connectivity index (χ1n) is 6.36. The highest BCUT2D eigenvalue weighted by molar-refractivity contribution is 7.90. The van der Waals surface area contributed by atoms with Gasteiger partial charge in [-0.05, 0) is 36.8 Å². The van der Waals surface area contributed by atoms with Gasteiger partial charge in [0.1, 0.15) is 0 Å². The third kappa shape index (κ3) is 4.39. The lowest BCUT2D eigenvalue weighted by Gasteiger charge is -2.06. The first-order chi connectivity index (χ1) is 9.84. The van der Waals surface area contributed by atoms with Crippen LogP contribution in [0.5, 0.6) is 0 Å². The van der Waals surface area contributed by atoms with Crippen molar-refractivity contribution in [2.24, 2.45) is 0 Å². The summed E-state index contributed by atoms with van der Waals surface area (Å²) in [6, 6.07) is 9.81. The van der Waals surface area contributed by atoms with Crippen molar-refractivity contribution in [1.82, 2.24) is 4.98 Å². The van der Waals surface area contributed by atoms with Crippen LogP contribution in [0, 0.1) is 6.92 Å². The molecule has 21 heavy (non-hydrogen) atoms. The number of amides is 1. The number of anilines is 1. The van der Waals surface area contributed by atoms with Crippen molar-refractivity contribution in [1.29, 1.82) is 0 Å². The van der Waals surface area contributed by atoms with E-state index in [1.165, 1.54) is 12.1 Å². The van der Waals surface area contributed by atoms with Gasteiger partial charge in [-0.3, -0.25) is 9.78 Å². The minimum atomic E-state index is -3.21. The van der Waals surface area contributed by atoms with Gasteiger partial charge in [-0.25, -0.2) is 8.42 Å². The summed E-state index contributed by atoms with van der Waals surface area (Å²) in [7, 11) is -3.21. The summed E-state index contributed by atoms with van der Waals surface area (Å²) in [5.74, 6) is -0.160. The molecule has 110 valence electrons. The first kappa shape index (κ1) is 15.2. The smallest absolute Gasteiger partial charge is 0.228 e. The molecule has 0 saturated heterocycles.